The van der Waals surface area contributed by atoms with E-state index >= 15 is 0 Å². The van der Waals surface area contributed by atoms with Crippen LogP contribution in [0.2, 0.25) is 0 Å². The fourth-order valence-corrected chi connectivity index (χ4v) is 3.85. The van der Waals surface area contributed by atoms with Crippen LogP contribution in [-0.4, -0.2) is 39.8 Å². The van der Waals surface area contributed by atoms with Gasteiger partial charge in [0.1, 0.15) is 18.0 Å². The monoisotopic (exact) mass is 383 g/mol. The molecule has 1 aliphatic rings. The van der Waals surface area contributed by atoms with E-state index in [0.29, 0.717) is 6.54 Å². The maximum Gasteiger partial charge on any atom is 0.223 e. The van der Waals surface area contributed by atoms with Crippen molar-refractivity contribution in [2.24, 2.45) is 5.92 Å². The predicted octanol–water partition coefficient (Wildman–Crippen LogP) is 1.86. The number of carbonyl (C=O) groups excluding carboxylic acids is 1. The highest BCUT2D eigenvalue weighted by Crippen LogP contribution is 2.24. The topological polar surface area (TPSA) is 52.0 Å². The minimum absolute atomic E-state index is 0.136. The van der Waals surface area contributed by atoms with Crippen molar-refractivity contribution < 1.29 is 19.2 Å². The van der Waals surface area contributed by atoms with Gasteiger partial charge in [-0.1, -0.05) is 30.3 Å². The van der Waals surface area contributed by atoms with Crippen LogP contribution in [0.1, 0.15) is 24.0 Å². The molecule has 1 saturated heterocycles. The Labute approximate surface area is 167 Å². The Kier molecular flexibility index (Phi) is 7.31. The molecular weight excluding hydrogens is 352 g/mol. The number of amides is 1. The van der Waals surface area contributed by atoms with Crippen molar-refractivity contribution in [3.8, 4) is 11.5 Å². The summed E-state index contributed by atoms with van der Waals surface area (Å²) in [5, 5.41) is 3.11. The quantitative estimate of drug-likeness (QED) is 0.732. The van der Waals surface area contributed by atoms with Gasteiger partial charge in [0.05, 0.1) is 27.3 Å². The fraction of sp³-hybridized carbons (Fsp3) is 0.435. The van der Waals surface area contributed by atoms with Crippen LogP contribution in [0.15, 0.2) is 48.5 Å². The van der Waals surface area contributed by atoms with E-state index in [1.54, 1.807) is 14.2 Å². The molecule has 28 heavy (non-hydrogen) atoms. The van der Waals surface area contributed by atoms with Crippen molar-refractivity contribution in [2.75, 3.05) is 33.9 Å². The van der Waals surface area contributed by atoms with Crippen molar-refractivity contribution in [1.29, 1.82) is 0 Å². The molecule has 0 saturated carbocycles. The molecule has 3 rings (SSSR count). The van der Waals surface area contributed by atoms with Crippen molar-refractivity contribution in [2.45, 2.75) is 25.8 Å². The number of nitrogens with one attached hydrogen (secondary N) is 2. The van der Waals surface area contributed by atoms with Crippen molar-refractivity contribution >= 4 is 5.91 Å². The number of quaternary nitrogens is 1. The van der Waals surface area contributed by atoms with Gasteiger partial charge in [-0.2, -0.15) is 0 Å². The summed E-state index contributed by atoms with van der Waals surface area (Å²) in [6, 6.07) is 16.3. The maximum atomic E-state index is 12.5. The first-order valence-electron chi connectivity index (χ1n) is 10.1. The standard InChI is InChI=1S/C23H30N2O3/c1-27-21-9-8-20(22(16-21)28-2)17-25-14-11-19(12-15-25)23(26)24-13-10-18-6-4-3-5-7-18/h3-9,16,19H,10-15,17H2,1-2H3,(H,24,26)/p+1. The molecule has 2 aromatic rings. The van der Waals surface area contributed by atoms with Gasteiger partial charge in [0, 0.05) is 36.9 Å². The summed E-state index contributed by atoms with van der Waals surface area (Å²) >= 11 is 0. The Morgan fingerprint density at radius 3 is 2.50 bits per heavy atom. The van der Waals surface area contributed by atoms with Gasteiger partial charge < -0.3 is 19.7 Å². The molecular formula is C23H31N2O3+. The third-order valence-electron chi connectivity index (χ3n) is 5.55. The second-order valence-electron chi connectivity index (χ2n) is 7.41. The molecule has 0 aromatic heterocycles. The molecule has 5 nitrogen and oxygen atoms in total. The second-order valence-corrected chi connectivity index (χ2v) is 7.41. The van der Waals surface area contributed by atoms with Crippen molar-refractivity contribution in [1.82, 2.24) is 5.32 Å². The molecule has 1 heterocycles. The van der Waals surface area contributed by atoms with Gasteiger partial charge in [-0.05, 0) is 24.1 Å². The lowest BCUT2D eigenvalue weighted by Gasteiger charge is -2.29. The first-order valence-corrected chi connectivity index (χ1v) is 10.1. The molecule has 5 heteroatoms. The molecule has 0 bridgehead atoms. The molecule has 1 aliphatic heterocycles. The van der Waals surface area contributed by atoms with Crippen molar-refractivity contribution in [3.05, 3.63) is 59.7 Å². The summed E-state index contributed by atoms with van der Waals surface area (Å²) in [4.78, 5) is 14.0. The Morgan fingerprint density at radius 2 is 1.82 bits per heavy atom. The molecule has 1 fully saturated rings. The van der Waals surface area contributed by atoms with Crippen LogP contribution in [0.5, 0.6) is 11.5 Å². The molecule has 0 spiro atoms. The van der Waals surface area contributed by atoms with Gasteiger partial charge in [-0.3, -0.25) is 4.79 Å². The van der Waals surface area contributed by atoms with E-state index in [2.05, 4.69) is 23.5 Å². The zero-order valence-electron chi connectivity index (χ0n) is 16.9. The first-order chi connectivity index (χ1) is 13.7. The Bertz CT molecular complexity index is 756. The summed E-state index contributed by atoms with van der Waals surface area (Å²) in [5.74, 6) is 2.02. The fourth-order valence-electron chi connectivity index (χ4n) is 3.85. The Morgan fingerprint density at radius 1 is 1.07 bits per heavy atom. The van der Waals surface area contributed by atoms with Gasteiger partial charge in [0.25, 0.3) is 0 Å². The molecule has 150 valence electrons. The average molecular weight is 384 g/mol. The number of piperidine rings is 1. The highest BCUT2D eigenvalue weighted by molar-refractivity contribution is 5.78. The number of hydrogen-bond donors (Lipinski definition) is 2. The third-order valence-corrected chi connectivity index (χ3v) is 5.55. The minimum Gasteiger partial charge on any atom is -0.497 e. The molecule has 0 aliphatic carbocycles. The summed E-state index contributed by atoms with van der Waals surface area (Å²) in [6.07, 6.45) is 2.75. The number of likely N-dealkylation sites (tertiary alicyclic amines) is 1. The van der Waals surface area contributed by atoms with E-state index in [4.69, 9.17) is 9.47 Å². The number of hydrogen-bond acceptors (Lipinski definition) is 3. The summed E-state index contributed by atoms with van der Waals surface area (Å²) < 4.78 is 10.8. The van der Waals surface area contributed by atoms with Gasteiger partial charge in [-0.25, -0.2) is 0 Å². The van der Waals surface area contributed by atoms with Gasteiger partial charge in [0.2, 0.25) is 5.91 Å². The number of ether oxygens (including phenoxy) is 2. The molecule has 1 amide bonds. The molecule has 2 aromatic carbocycles. The highest BCUT2D eigenvalue weighted by Gasteiger charge is 2.27. The third kappa shape index (κ3) is 5.49. The maximum absolute atomic E-state index is 12.5. The van der Waals surface area contributed by atoms with Crippen LogP contribution in [0.3, 0.4) is 0 Å². The zero-order chi connectivity index (χ0) is 19.8. The van der Waals surface area contributed by atoms with E-state index in [0.717, 1.165) is 50.4 Å². The van der Waals surface area contributed by atoms with Gasteiger partial charge in [0.15, 0.2) is 0 Å². The Balaban J connectivity index is 1.43. The van der Waals surface area contributed by atoms with Crippen LogP contribution in [0.25, 0.3) is 0 Å². The second kappa shape index (κ2) is 10.1. The highest BCUT2D eigenvalue weighted by atomic mass is 16.5. The zero-order valence-corrected chi connectivity index (χ0v) is 16.9. The molecule has 0 radical (unpaired) electrons. The number of carbonyl (C=O) groups is 1. The average Bonchev–Trinajstić information content (AvgIpc) is 2.75. The summed E-state index contributed by atoms with van der Waals surface area (Å²) in [5.41, 5.74) is 2.44. The van der Waals surface area contributed by atoms with Crippen LogP contribution < -0.4 is 19.7 Å². The smallest absolute Gasteiger partial charge is 0.223 e. The summed E-state index contributed by atoms with van der Waals surface area (Å²) in [7, 11) is 3.36. The van der Waals surface area contributed by atoms with Crippen LogP contribution in [-0.2, 0) is 17.8 Å². The van der Waals surface area contributed by atoms with E-state index < -0.39 is 0 Å². The lowest BCUT2D eigenvalue weighted by atomic mass is 9.95. The molecule has 2 N–H and O–H groups in total. The molecule has 0 atom stereocenters. The lowest BCUT2D eigenvalue weighted by molar-refractivity contribution is -0.919. The van der Waals surface area contributed by atoms with E-state index in [1.807, 2.05) is 30.3 Å². The van der Waals surface area contributed by atoms with Gasteiger partial charge in [-0.15, -0.1) is 0 Å². The first kappa shape index (κ1) is 20.2. The number of rotatable bonds is 8. The van der Waals surface area contributed by atoms with Crippen LogP contribution >= 0.6 is 0 Å². The predicted molar refractivity (Wildman–Crippen MR) is 110 cm³/mol. The normalized spacial score (nSPS) is 19.1. The number of benzene rings is 2. The largest absolute Gasteiger partial charge is 0.497 e. The Hall–Kier alpha value is -2.53. The van der Waals surface area contributed by atoms with Gasteiger partial charge >= 0.3 is 0 Å². The van der Waals surface area contributed by atoms with Crippen LogP contribution in [0.4, 0.5) is 0 Å². The summed E-state index contributed by atoms with van der Waals surface area (Å²) in [6.45, 7) is 3.63. The van der Waals surface area contributed by atoms with Crippen molar-refractivity contribution in [3.63, 3.8) is 0 Å². The lowest BCUT2D eigenvalue weighted by Crippen LogP contribution is -3.11. The van der Waals surface area contributed by atoms with Crippen LogP contribution in [0, 0.1) is 5.92 Å². The van der Waals surface area contributed by atoms with E-state index in [1.165, 1.54) is 16.0 Å². The number of methoxy groups -OCH3 is 2. The van der Waals surface area contributed by atoms with E-state index in [-0.39, 0.29) is 11.8 Å². The van der Waals surface area contributed by atoms with E-state index in [9.17, 15) is 4.79 Å². The SMILES string of the molecule is COc1ccc(C[NH+]2CCC(C(=O)NCCc3ccccc3)CC2)c(OC)c1. The minimum atomic E-state index is 0.136. The molecule has 0 unspecified atom stereocenters.